The molecule has 9 heteroatoms. The first kappa shape index (κ1) is 16.8. The van der Waals surface area contributed by atoms with Crippen LogP contribution in [0.25, 0.3) is 0 Å². The minimum Gasteiger partial charge on any atom is -0.461 e. The average molecular weight is 329 g/mol. The number of nitrogens with one attached hydrogen (secondary N) is 1. The van der Waals surface area contributed by atoms with Gasteiger partial charge < -0.3 is 10.5 Å². The van der Waals surface area contributed by atoms with Gasteiger partial charge in [0.05, 0.1) is 27.9 Å². The van der Waals surface area contributed by atoms with Crippen molar-refractivity contribution in [2.75, 3.05) is 12.0 Å². The summed E-state index contributed by atoms with van der Waals surface area (Å²) in [7, 11) is 0. The molecule has 1 rings (SSSR count). The summed E-state index contributed by atoms with van der Waals surface area (Å²) in [4.78, 5) is 22.5. The van der Waals surface area contributed by atoms with Crippen molar-refractivity contribution in [3.8, 4) is 6.07 Å². The van der Waals surface area contributed by atoms with Crippen LogP contribution < -0.4 is 11.2 Å². The molecule has 0 aliphatic carbocycles. The van der Waals surface area contributed by atoms with Crippen LogP contribution in [0.1, 0.15) is 17.3 Å². The first-order valence-electron chi connectivity index (χ1n) is 5.60. The van der Waals surface area contributed by atoms with Gasteiger partial charge in [-0.1, -0.05) is 23.2 Å². The van der Waals surface area contributed by atoms with Crippen molar-refractivity contribution in [2.45, 2.75) is 6.92 Å². The maximum absolute atomic E-state index is 11.4. The molecule has 1 aromatic rings. The molecule has 0 unspecified atom stereocenters. The molecule has 0 atom stereocenters. The average Bonchev–Trinajstić information content (AvgIpc) is 2.41. The maximum atomic E-state index is 11.4. The van der Waals surface area contributed by atoms with E-state index in [1.54, 1.807) is 13.0 Å². The van der Waals surface area contributed by atoms with Crippen molar-refractivity contribution in [2.24, 2.45) is 10.8 Å². The molecule has 1 aromatic carbocycles. The van der Waals surface area contributed by atoms with E-state index >= 15 is 0 Å². The third-order valence-electron chi connectivity index (χ3n) is 2.19. The molecular formula is C12H10Cl2N4O3. The highest BCUT2D eigenvalue weighted by molar-refractivity contribution is 6.43. The lowest BCUT2D eigenvalue weighted by Crippen LogP contribution is -2.17. The Morgan fingerprint density at radius 1 is 1.43 bits per heavy atom. The summed E-state index contributed by atoms with van der Waals surface area (Å²) in [5.41, 5.74) is 7.22. The Morgan fingerprint density at radius 2 is 2.10 bits per heavy atom. The zero-order chi connectivity index (χ0) is 16.0. The number of halogens is 2. The fraction of sp³-hybridized carbons (Fsp3) is 0.167. The van der Waals surface area contributed by atoms with Crippen molar-refractivity contribution in [1.29, 1.82) is 5.26 Å². The number of primary amides is 1. The smallest absolute Gasteiger partial charge is 0.369 e. The third-order valence-corrected chi connectivity index (χ3v) is 2.81. The van der Waals surface area contributed by atoms with Gasteiger partial charge in [0.15, 0.2) is 0 Å². The highest BCUT2D eigenvalue weighted by atomic mass is 35.5. The summed E-state index contributed by atoms with van der Waals surface area (Å²) in [5.74, 6) is -1.64. The predicted molar refractivity (Wildman–Crippen MR) is 78.3 cm³/mol. The largest absolute Gasteiger partial charge is 0.461 e. The van der Waals surface area contributed by atoms with E-state index < -0.39 is 17.6 Å². The van der Waals surface area contributed by atoms with Crippen molar-refractivity contribution in [3.63, 3.8) is 0 Å². The number of hydrogen-bond donors (Lipinski definition) is 2. The number of nitriles is 1. The Bertz CT molecular complexity index is 653. The SMILES string of the molecule is CCOC(=O)/C(C#N)=N\Nc1cc(C(N)=O)c(Cl)cc1Cl. The summed E-state index contributed by atoms with van der Waals surface area (Å²) in [6.45, 7) is 1.70. The first-order valence-corrected chi connectivity index (χ1v) is 6.36. The van der Waals surface area contributed by atoms with Crippen LogP contribution in [0.5, 0.6) is 0 Å². The van der Waals surface area contributed by atoms with Crippen LogP contribution >= 0.6 is 23.2 Å². The maximum Gasteiger partial charge on any atom is 0.369 e. The molecule has 0 aromatic heterocycles. The molecular weight excluding hydrogens is 319 g/mol. The standard InChI is InChI=1S/C12H10Cl2N4O3/c1-2-21-12(20)10(5-15)18-17-9-3-6(11(16)19)7(13)4-8(9)14/h3-4,17H,2H2,1H3,(H2,16,19)/b18-10-. The number of hydrogen-bond acceptors (Lipinski definition) is 6. The van der Waals surface area contributed by atoms with Crippen LogP contribution in [0.4, 0.5) is 5.69 Å². The molecule has 0 fully saturated rings. The highest BCUT2D eigenvalue weighted by Crippen LogP contribution is 2.29. The number of ether oxygens (including phenoxy) is 1. The summed E-state index contributed by atoms with van der Waals surface area (Å²) in [5, 5.41) is 12.6. The molecule has 0 saturated heterocycles. The number of hydrazone groups is 1. The summed E-state index contributed by atoms with van der Waals surface area (Å²) < 4.78 is 4.63. The molecule has 1 amide bonds. The first-order chi connectivity index (χ1) is 9.90. The Hall–Kier alpha value is -2.30. The second-order valence-corrected chi connectivity index (χ2v) is 4.40. The van der Waals surface area contributed by atoms with Crippen LogP contribution in [-0.2, 0) is 9.53 Å². The monoisotopic (exact) mass is 328 g/mol. The van der Waals surface area contributed by atoms with Gasteiger partial charge in [-0.3, -0.25) is 10.2 Å². The molecule has 0 radical (unpaired) electrons. The molecule has 0 aliphatic heterocycles. The highest BCUT2D eigenvalue weighted by Gasteiger charge is 2.14. The van der Waals surface area contributed by atoms with Gasteiger partial charge in [-0.2, -0.15) is 10.4 Å². The Morgan fingerprint density at radius 3 is 2.62 bits per heavy atom. The van der Waals surface area contributed by atoms with E-state index in [-0.39, 0.29) is 27.9 Å². The summed E-state index contributed by atoms with van der Waals surface area (Å²) in [6, 6.07) is 4.13. The van der Waals surface area contributed by atoms with Crippen LogP contribution in [0.3, 0.4) is 0 Å². The van der Waals surface area contributed by atoms with E-state index in [1.807, 2.05) is 0 Å². The molecule has 7 nitrogen and oxygen atoms in total. The predicted octanol–water partition coefficient (Wildman–Crippen LogP) is 1.95. The number of carbonyl (C=O) groups excluding carboxylic acids is 2. The lowest BCUT2D eigenvalue weighted by molar-refractivity contribution is -0.134. The zero-order valence-electron chi connectivity index (χ0n) is 10.8. The summed E-state index contributed by atoms with van der Waals surface area (Å²) >= 11 is 11.7. The van der Waals surface area contributed by atoms with Crippen molar-refractivity contribution in [1.82, 2.24) is 0 Å². The van der Waals surface area contributed by atoms with Gasteiger partial charge in [0, 0.05) is 0 Å². The van der Waals surface area contributed by atoms with Gasteiger partial charge in [-0.25, -0.2) is 4.79 Å². The van der Waals surface area contributed by atoms with E-state index in [0.717, 1.165) is 0 Å². The molecule has 110 valence electrons. The minimum absolute atomic E-state index is 0.0217. The minimum atomic E-state index is -0.882. The quantitative estimate of drug-likeness (QED) is 0.486. The Balaban J connectivity index is 3.08. The van der Waals surface area contributed by atoms with Crippen LogP contribution in [0.2, 0.25) is 10.0 Å². The van der Waals surface area contributed by atoms with E-state index in [0.29, 0.717) is 0 Å². The van der Waals surface area contributed by atoms with E-state index in [9.17, 15) is 9.59 Å². The fourth-order valence-corrected chi connectivity index (χ4v) is 1.77. The number of anilines is 1. The molecule has 21 heavy (non-hydrogen) atoms. The molecule has 0 heterocycles. The lowest BCUT2D eigenvalue weighted by Gasteiger charge is -2.07. The van der Waals surface area contributed by atoms with Gasteiger partial charge in [0.2, 0.25) is 11.6 Å². The van der Waals surface area contributed by atoms with E-state index in [4.69, 9.17) is 34.2 Å². The van der Waals surface area contributed by atoms with Gasteiger partial charge in [0.25, 0.3) is 0 Å². The van der Waals surface area contributed by atoms with Gasteiger partial charge in [0.1, 0.15) is 6.07 Å². The van der Waals surface area contributed by atoms with Crippen LogP contribution in [-0.4, -0.2) is 24.2 Å². The number of nitrogens with two attached hydrogens (primary N) is 1. The van der Waals surface area contributed by atoms with Crippen LogP contribution in [0, 0.1) is 11.3 Å². The topological polar surface area (TPSA) is 118 Å². The molecule has 0 aliphatic rings. The Labute approximate surface area is 130 Å². The van der Waals surface area contributed by atoms with Gasteiger partial charge >= 0.3 is 5.97 Å². The second-order valence-electron chi connectivity index (χ2n) is 3.58. The number of rotatable bonds is 5. The second kappa shape index (κ2) is 7.47. The number of esters is 1. The normalized spacial score (nSPS) is 10.7. The zero-order valence-corrected chi connectivity index (χ0v) is 12.3. The number of carbonyl (C=O) groups is 2. The van der Waals surface area contributed by atoms with E-state index in [1.165, 1.54) is 12.1 Å². The van der Waals surface area contributed by atoms with Crippen molar-refractivity contribution < 1.29 is 14.3 Å². The van der Waals surface area contributed by atoms with Crippen molar-refractivity contribution in [3.05, 3.63) is 27.7 Å². The van der Waals surface area contributed by atoms with Crippen LogP contribution in [0.15, 0.2) is 17.2 Å². The molecule has 0 spiro atoms. The van der Waals surface area contributed by atoms with Gasteiger partial charge in [-0.15, -0.1) is 0 Å². The fourth-order valence-electron chi connectivity index (χ4n) is 1.26. The molecule has 0 bridgehead atoms. The van der Waals surface area contributed by atoms with Crippen molar-refractivity contribution >= 4 is 46.5 Å². The van der Waals surface area contributed by atoms with E-state index in [2.05, 4.69) is 15.3 Å². The molecule has 3 N–H and O–H groups in total. The van der Waals surface area contributed by atoms with Gasteiger partial charge in [-0.05, 0) is 19.1 Å². The number of benzene rings is 1. The summed E-state index contributed by atoms with van der Waals surface area (Å²) in [6.07, 6.45) is 0. The molecule has 0 saturated carbocycles. The number of nitrogens with zero attached hydrogens (tertiary/aromatic N) is 2. The third kappa shape index (κ3) is 4.34. The Kier molecular flexibility index (Phi) is 5.96. The number of amides is 1. The lowest BCUT2D eigenvalue weighted by atomic mass is 10.2.